The minimum Gasteiger partial charge on any atom is -0.382 e. The Kier molecular flexibility index (Phi) is 4.03. The Morgan fingerprint density at radius 2 is 2.35 bits per heavy atom. The van der Waals surface area contributed by atoms with E-state index in [1.807, 2.05) is 31.8 Å². The SMILES string of the molecule is CNC(C)C(O)(CCl)c1ccc2c(c1)CCS2. The van der Waals surface area contributed by atoms with E-state index in [2.05, 4.69) is 17.4 Å². The summed E-state index contributed by atoms with van der Waals surface area (Å²) in [6.45, 7) is 1.95. The number of aryl methyl sites for hydroxylation is 1. The van der Waals surface area contributed by atoms with E-state index >= 15 is 0 Å². The van der Waals surface area contributed by atoms with Crippen molar-refractivity contribution in [2.24, 2.45) is 0 Å². The molecule has 1 aromatic rings. The molecule has 2 unspecified atom stereocenters. The van der Waals surface area contributed by atoms with Gasteiger partial charge >= 0.3 is 0 Å². The van der Waals surface area contributed by atoms with E-state index in [9.17, 15) is 5.11 Å². The van der Waals surface area contributed by atoms with Gasteiger partial charge in [-0.1, -0.05) is 12.1 Å². The highest BCUT2D eigenvalue weighted by Gasteiger charge is 2.34. The third-order valence-corrected chi connectivity index (χ3v) is 5.07. The highest BCUT2D eigenvalue weighted by molar-refractivity contribution is 7.99. The summed E-state index contributed by atoms with van der Waals surface area (Å²) in [6, 6.07) is 6.12. The molecule has 0 spiro atoms. The fraction of sp³-hybridized carbons (Fsp3) is 0.538. The molecule has 2 rings (SSSR count). The van der Waals surface area contributed by atoms with E-state index in [1.165, 1.54) is 10.5 Å². The summed E-state index contributed by atoms with van der Waals surface area (Å²) < 4.78 is 0. The monoisotopic (exact) mass is 271 g/mol. The number of fused-ring (bicyclic) bond motifs is 1. The number of aliphatic hydroxyl groups is 1. The Hall–Kier alpha value is -0.220. The smallest absolute Gasteiger partial charge is 0.118 e. The van der Waals surface area contributed by atoms with Crippen molar-refractivity contribution in [3.63, 3.8) is 0 Å². The lowest BCUT2D eigenvalue weighted by molar-refractivity contribution is 0.0277. The molecule has 0 fully saturated rings. The normalized spacial score (nSPS) is 19.8. The molecule has 0 aliphatic carbocycles. The Bertz CT molecular complexity index is 412. The van der Waals surface area contributed by atoms with Crippen LogP contribution >= 0.6 is 23.4 Å². The maximum Gasteiger partial charge on any atom is 0.118 e. The molecular weight excluding hydrogens is 254 g/mol. The lowest BCUT2D eigenvalue weighted by Crippen LogP contribution is -2.46. The summed E-state index contributed by atoms with van der Waals surface area (Å²) in [6.07, 6.45) is 1.08. The molecular formula is C13H18ClNOS. The molecule has 1 aliphatic heterocycles. The molecule has 2 atom stereocenters. The van der Waals surface area contributed by atoms with Crippen molar-refractivity contribution in [2.75, 3.05) is 18.7 Å². The van der Waals surface area contributed by atoms with Crippen molar-refractivity contribution in [2.45, 2.75) is 29.9 Å². The molecule has 1 aromatic carbocycles. The predicted octanol–water partition coefficient (Wildman–Crippen LogP) is 2.37. The highest BCUT2D eigenvalue weighted by Crippen LogP contribution is 2.35. The van der Waals surface area contributed by atoms with Crippen LogP contribution in [0.25, 0.3) is 0 Å². The molecule has 1 aliphatic rings. The first-order valence-electron chi connectivity index (χ1n) is 5.83. The quantitative estimate of drug-likeness (QED) is 0.825. The van der Waals surface area contributed by atoms with Crippen molar-refractivity contribution in [1.29, 1.82) is 0 Å². The Morgan fingerprint density at radius 3 is 3.00 bits per heavy atom. The lowest BCUT2D eigenvalue weighted by Gasteiger charge is -2.33. The van der Waals surface area contributed by atoms with E-state index < -0.39 is 5.60 Å². The van der Waals surface area contributed by atoms with Crippen molar-refractivity contribution < 1.29 is 5.11 Å². The zero-order valence-electron chi connectivity index (χ0n) is 10.2. The Morgan fingerprint density at radius 1 is 1.59 bits per heavy atom. The molecule has 94 valence electrons. The number of benzene rings is 1. The van der Waals surface area contributed by atoms with Gasteiger partial charge in [-0.05, 0) is 37.6 Å². The van der Waals surface area contributed by atoms with E-state index in [-0.39, 0.29) is 11.9 Å². The van der Waals surface area contributed by atoms with E-state index in [1.54, 1.807) is 0 Å². The fourth-order valence-electron chi connectivity index (χ4n) is 2.14. The molecule has 2 nitrogen and oxygen atoms in total. The van der Waals surface area contributed by atoms with Crippen molar-refractivity contribution in [1.82, 2.24) is 5.32 Å². The van der Waals surface area contributed by atoms with Gasteiger partial charge in [0, 0.05) is 16.7 Å². The van der Waals surface area contributed by atoms with Crippen molar-refractivity contribution in [3.05, 3.63) is 29.3 Å². The first kappa shape index (κ1) is 13.2. The maximum absolute atomic E-state index is 10.7. The summed E-state index contributed by atoms with van der Waals surface area (Å²) in [5.41, 5.74) is 1.24. The van der Waals surface area contributed by atoms with Gasteiger partial charge < -0.3 is 10.4 Å². The molecule has 0 aromatic heterocycles. The molecule has 0 radical (unpaired) electrons. The zero-order chi connectivity index (χ0) is 12.5. The minimum atomic E-state index is -1.00. The number of rotatable bonds is 4. The van der Waals surface area contributed by atoms with Crippen LogP contribution in [-0.4, -0.2) is 29.8 Å². The predicted molar refractivity (Wildman–Crippen MR) is 74.0 cm³/mol. The van der Waals surface area contributed by atoms with Gasteiger partial charge in [-0.25, -0.2) is 0 Å². The van der Waals surface area contributed by atoms with Crippen LogP contribution in [-0.2, 0) is 12.0 Å². The van der Waals surface area contributed by atoms with Crippen molar-refractivity contribution >= 4 is 23.4 Å². The minimum absolute atomic E-state index is 0.0768. The van der Waals surface area contributed by atoms with Gasteiger partial charge in [0.05, 0.1) is 5.88 Å². The topological polar surface area (TPSA) is 32.3 Å². The second-order valence-corrected chi connectivity index (χ2v) is 5.89. The number of nitrogens with one attached hydrogen (secondary N) is 1. The lowest BCUT2D eigenvalue weighted by atomic mass is 9.88. The number of alkyl halides is 1. The summed E-state index contributed by atoms with van der Waals surface area (Å²) >= 11 is 7.85. The molecule has 2 N–H and O–H groups in total. The highest BCUT2D eigenvalue weighted by atomic mass is 35.5. The van der Waals surface area contributed by atoms with Gasteiger partial charge in [0.1, 0.15) is 5.60 Å². The zero-order valence-corrected chi connectivity index (χ0v) is 11.7. The summed E-state index contributed by atoms with van der Waals surface area (Å²) in [7, 11) is 1.84. The van der Waals surface area contributed by atoms with Crippen LogP contribution in [0.5, 0.6) is 0 Å². The first-order valence-corrected chi connectivity index (χ1v) is 7.35. The van der Waals surface area contributed by atoms with Crippen LogP contribution in [0.3, 0.4) is 0 Å². The van der Waals surface area contributed by atoms with E-state index in [0.717, 1.165) is 17.7 Å². The molecule has 0 saturated carbocycles. The van der Waals surface area contributed by atoms with Crippen molar-refractivity contribution in [3.8, 4) is 0 Å². The molecule has 0 saturated heterocycles. The van der Waals surface area contributed by atoms with Gasteiger partial charge in [0.15, 0.2) is 0 Å². The Labute approximate surface area is 112 Å². The first-order chi connectivity index (χ1) is 8.11. The average molecular weight is 272 g/mol. The largest absolute Gasteiger partial charge is 0.382 e. The third kappa shape index (κ3) is 2.34. The van der Waals surface area contributed by atoms with Crippen LogP contribution < -0.4 is 5.32 Å². The molecule has 0 amide bonds. The number of likely N-dealkylation sites (N-methyl/N-ethyl adjacent to an activating group) is 1. The third-order valence-electron chi connectivity index (χ3n) is 3.54. The van der Waals surface area contributed by atoms with Gasteiger partial charge in [-0.15, -0.1) is 23.4 Å². The Balaban J connectivity index is 2.37. The fourth-order valence-corrected chi connectivity index (χ4v) is 3.58. The summed E-state index contributed by atoms with van der Waals surface area (Å²) in [5.74, 6) is 1.33. The summed E-state index contributed by atoms with van der Waals surface area (Å²) in [5, 5.41) is 13.8. The number of halogens is 1. The second-order valence-electron chi connectivity index (χ2n) is 4.49. The van der Waals surface area contributed by atoms with Crippen LogP contribution in [0.15, 0.2) is 23.1 Å². The molecule has 1 heterocycles. The van der Waals surface area contributed by atoms with Crippen LogP contribution in [0, 0.1) is 0 Å². The van der Waals surface area contributed by atoms with E-state index in [0.29, 0.717) is 0 Å². The van der Waals surface area contributed by atoms with Gasteiger partial charge in [-0.3, -0.25) is 0 Å². The van der Waals surface area contributed by atoms with Crippen LogP contribution in [0.2, 0.25) is 0 Å². The van der Waals surface area contributed by atoms with Gasteiger partial charge in [0.25, 0.3) is 0 Å². The van der Waals surface area contributed by atoms with E-state index in [4.69, 9.17) is 11.6 Å². The van der Waals surface area contributed by atoms with Crippen LogP contribution in [0.1, 0.15) is 18.1 Å². The number of hydrogen-bond donors (Lipinski definition) is 2. The molecule has 0 bridgehead atoms. The summed E-state index contributed by atoms with van der Waals surface area (Å²) in [4.78, 5) is 1.34. The molecule has 17 heavy (non-hydrogen) atoms. The average Bonchev–Trinajstić information content (AvgIpc) is 2.83. The van der Waals surface area contributed by atoms with Crippen LogP contribution in [0.4, 0.5) is 0 Å². The standard InChI is InChI=1S/C13H18ClNOS/c1-9(15-2)13(16,8-14)11-3-4-12-10(7-11)5-6-17-12/h3-4,7,9,15-16H,5-6,8H2,1-2H3. The number of thioether (sulfide) groups is 1. The van der Waals surface area contributed by atoms with Gasteiger partial charge in [-0.2, -0.15) is 0 Å². The van der Waals surface area contributed by atoms with Gasteiger partial charge in [0.2, 0.25) is 0 Å². The molecule has 4 heteroatoms. The number of hydrogen-bond acceptors (Lipinski definition) is 3. The second kappa shape index (κ2) is 5.19. The maximum atomic E-state index is 10.7.